The van der Waals surface area contributed by atoms with Gasteiger partial charge in [-0.05, 0) is 19.1 Å². The van der Waals surface area contributed by atoms with Crippen LogP contribution in [0.3, 0.4) is 0 Å². The normalized spacial score (nSPS) is 14.3. The molecule has 2 aromatic rings. The van der Waals surface area contributed by atoms with Crippen molar-refractivity contribution in [2.75, 3.05) is 6.54 Å². The molecule has 1 heterocycles. The van der Waals surface area contributed by atoms with Crippen LogP contribution in [0.1, 0.15) is 28.4 Å². The van der Waals surface area contributed by atoms with Crippen LogP contribution in [0, 0.1) is 0 Å². The van der Waals surface area contributed by atoms with Crippen LogP contribution >= 0.6 is 0 Å². The zero-order valence-corrected chi connectivity index (χ0v) is 12.6. The van der Waals surface area contributed by atoms with E-state index in [0.29, 0.717) is 5.56 Å². The fourth-order valence-electron chi connectivity index (χ4n) is 2.08. The summed E-state index contributed by atoms with van der Waals surface area (Å²) < 4.78 is 40.2. The summed E-state index contributed by atoms with van der Waals surface area (Å²) in [6.45, 7) is 1.20. The maximum atomic E-state index is 12.9. The van der Waals surface area contributed by atoms with Crippen molar-refractivity contribution in [2.24, 2.45) is 7.05 Å². The first-order chi connectivity index (χ1) is 10.6. The molecule has 0 bridgehead atoms. The van der Waals surface area contributed by atoms with E-state index in [9.17, 15) is 23.1 Å². The summed E-state index contributed by atoms with van der Waals surface area (Å²) in [6.07, 6.45) is -1.63. The Morgan fingerprint density at radius 2 is 2.00 bits per heavy atom. The van der Waals surface area contributed by atoms with Crippen molar-refractivity contribution in [3.05, 3.63) is 53.3 Å². The highest BCUT2D eigenvalue weighted by Crippen LogP contribution is 2.31. The van der Waals surface area contributed by atoms with E-state index in [1.165, 1.54) is 29.9 Å². The van der Waals surface area contributed by atoms with Gasteiger partial charge in [-0.25, -0.2) is 0 Å². The minimum Gasteiger partial charge on any atom is -0.383 e. The Hall–Kier alpha value is -2.35. The Bertz CT molecular complexity index is 708. The number of rotatable bonds is 4. The first kappa shape index (κ1) is 17.0. The van der Waals surface area contributed by atoms with E-state index in [0.717, 1.165) is 12.1 Å². The second kappa shape index (κ2) is 6.04. The Kier molecular flexibility index (Phi) is 4.46. The molecule has 124 valence electrons. The van der Waals surface area contributed by atoms with Gasteiger partial charge in [-0.3, -0.25) is 9.48 Å². The van der Waals surface area contributed by atoms with Gasteiger partial charge >= 0.3 is 6.18 Å². The molecular weight excluding hydrogens is 311 g/mol. The van der Waals surface area contributed by atoms with Gasteiger partial charge in [0, 0.05) is 18.8 Å². The van der Waals surface area contributed by atoms with Crippen LogP contribution in [0.2, 0.25) is 0 Å². The van der Waals surface area contributed by atoms with Gasteiger partial charge in [-0.15, -0.1) is 0 Å². The Balaban J connectivity index is 2.14. The van der Waals surface area contributed by atoms with Crippen molar-refractivity contribution in [2.45, 2.75) is 18.7 Å². The third-order valence-corrected chi connectivity index (χ3v) is 3.40. The predicted molar refractivity (Wildman–Crippen MR) is 76.6 cm³/mol. The number of alkyl halides is 3. The average Bonchev–Trinajstić information content (AvgIpc) is 2.91. The summed E-state index contributed by atoms with van der Waals surface area (Å²) in [5.41, 5.74) is -2.50. The lowest BCUT2D eigenvalue weighted by Crippen LogP contribution is -2.39. The molecule has 1 unspecified atom stereocenters. The number of nitrogens with one attached hydrogen (secondary N) is 1. The summed E-state index contributed by atoms with van der Waals surface area (Å²) in [5, 5.41) is 16.6. The van der Waals surface area contributed by atoms with E-state index in [-0.39, 0.29) is 6.54 Å². The van der Waals surface area contributed by atoms with Gasteiger partial charge in [0.05, 0.1) is 23.9 Å². The highest BCUT2D eigenvalue weighted by atomic mass is 19.4. The molecule has 0 aliphatic rings. The van der Waals surface area contributed by atoms with Crippen LogP contribution in [0.5, 0.6) is 0 Å². The number of hydrogen-bond donors (Lipinski definition) is 2. The highest BCUT2D eigenvalue weighted by molar-refractivity contribution is 5.95. The number of carbonyl (C=O) groups excluding carboxylic acids is 1. The number of halogens is 3. The maximum absolute atomic E-state index is 12.9. The topological polar surface area (TPSA) is 67.2 Å². The van der Waals surface area contributed by atoms with Crippen molar-refractivity contribution >= 4 is 5.91 Å². The molecule has 0 aliphatic carbocycles. The smallest absolute Gasteiger partial charge is 0.383 e. The van der Waals surface area contributed by atoms with E-state index >= 15 is 0 Å². The van der Waals surface area contributed by atoms with Crippen LogP contribution in [-0.4, -0.2) is 27.3 Å². The lowest BCUT2D eigenvalue weighted by molar-refractivity contribution is -0.137. The summed E-state index contributed by atoms with van der Waals surface area (Å²) in [6, 6.07) is 4.50. The number of hydrogen-bond acceptors (Lipinski definition) is 3. The second-order valence-electron chi connectivity index (χ2n) is 5.40. The molecule has 8 heteroatoms. The first-order valence-electron chi connectivity index (χ1n) is 6.77. The van der Waals surface area contributed by atoms with E-state index in [1.807, 2.05) is 0 Å². The standard InChI is InChI=1S/C15H16F3N3O2/c1-14(23,10-7-20-21(2)8-10)9-19-13(22)11-5-3-4-6-12(11)15(16,17)18/h3-8,23H,9H2,1-2H3,(H,19,22). The molecule has 1 aromatic heterocycles. The van der Waals surface area contributed by atoms with Crippen LogP contribution < -0.4 is 5.32 Å². The fourth-order valence-corrected chi connectivity index (χ4v) is 2.08. The van der Waals surface area contributed by atoms with Gasteiger partial charge < -0.3 is 10.4 Å². The van der Waals surface area contributed by atoms with Crippen molar-refractivity contribution in [1.29, 1.82) is 0 Å². The van der Waals surface area contributed by atoms with Gasteiger partial charge in [0.15, 0.2) is 0 Å². The summed E-state index contributed by atoms with van der Waals surface area (Å²) in [5.74, 6) is -0.901. The van der Waals surface area contributed by atoms with E-state index in [2.05, 4.69) is 10.4 Å². The second-order valence-corrected chi connectivity index (χ2v) is 5.40. The Morgan fingerprint density at radius 3 is 2.57 bits per heavy atom. The summed E-state index contributed by atoms with van der Waals surface area (Å²) in [7, 11) is 1.66. The zero-order chi connectivity index (χ0) is 17.3. The van der Waals surface area contributed by atoms with Crippen molar-refractivity contribution in [3.8, 4) is 0 Å². The molecule has 1 aromatic carbocycles. The molecule has 1 amide bonds. The van der Waals surface area contributed by atoms with Crippen LogP contribution in [0.25, 0.3) is 0 Å². The third-order valence-electron chi connectivity index (χ3n) is 3.40. The molecule has 0 saturated heterocycles. The minimum atomic E-state index is -4.63. The van der Waals surface area contributed by atoms with Crippen molar-refractivity contribution in [3.63, 3.8) is 0 Å². The maximum Gasteiger partial charge on any atom is 0.417 e. The van der Waals surface area contributed by atoms with Crippen molar-refractivity contribution in [1.82, 2.24) is 15.1 Å². The lowest BCUT2D eigenvalue weighted by Gasteiger charge is -2.22. The molecule has 0 spiro atoms. The quantitative estimate of drug-likeness (QED) is 0.903. The van der Waals surface area contributed by atoms with E-state index in [4.69, 9.17) is 0 Å². The number of aromatic nitrogens is 2. The first-order valence-corrected chi connectivity index (χ1v) is 6.77. The SMILES string of the molecule is Cn1cc(C(C)(O)CNC(=O)c2ccccc2C(F)(F)F)cn1. The number of aliphatic hydroxyl groups is 1. The lowest BCUT2D eigenvalue weighted by atomic mass is 9.99. The largest absolute Gasteiger partial charge is 0.417 e. The van der Waals surface area contributed by atoms with Crippen LogP contribution in [0.4, 0.5) is 13.2 Å². The molecule has 23 heavy (non-hydrogen) atoms. The molecule has 1 atom stereocenters. The zero-order valence-electron chi connectivity index (χ0n) is 12.6. The van der Waals surface area contributed by atoms with Gasteiger partial charge in [0.2, 0.25) is 0 Å². The molecule has 0 fully saturated rings. The molecule has 2 rings (SSSR count). The van der Waals surface area contributed by atoms with E-state index in [1.54, 1.807) is 13.2 Å². The number of nitrogens with zero attached hydrogens (tertiary/aromatic N) is 2. The Labute approximate surface area is 130 Å². The molecule has 0 radical (unpaired) electrons. The highest BCUT2D eigenvalue weighted by Gasteiger charge is 2.35. The molecule has 0 saturated carbocycles. The predicted octanol–water partition coefficient (Wildman–Crippen LogP) is 2.08. The van der Waals surface area contributed by atoms with Crippen molar-refractivity contribution < 1.29 is 23.1 Å². The minimum absolute atomic E-state index is 0.246. The third kappa shape index (κ3) is 3.89. The number of carbonyl (C=O) groups is 1. The van der Waals surface area contributed by atoms with Gasteiger partial charge in [-0.2, -0.15) is 18.3 Å². The van der Waals surface area contributed by atoms with E-state index < -0.39 is 28.8 Å². The number of amides is 1. The van der Waals surface area contributed by atoms with Crippen LogP contribution in [0.15, 0.2) is 36.7 Å². The average molecular weight is 327 g/mol. The molecule has 5 nitrogen and oxygen atoms in total. The van der Waals surface area contributed by atoms with Gasteiger partial charge in [-0.1, -0.05) is 12.1 Å². The monoisotopic (exact) mass is 327 g/mol. The van der Waals surface area contributed by atoms with Gasteiger partial charge in [0.1, 0.15) is 5.60 Å². The number of benzene rings is 1. The molecule has 0 aliphatic heterocycles. The number of aryl methyl sites for hydroxylation is 1. The van der Waals surface area contributed by atoms with Gasteiger partial charge in [0.25, 0.3) is 5.91 Å². The van der Waals surface area contributed by atoms with Crippen LogP contribution in [-0.2, 0) is 18.8 Å². The summed E-state index contributed by atoms with van der Waals surface area (Å²) >= 11 is 0. The molecule has 2 N–H and O–H groups in total. The fraction of sp³-hybridized carbons (Fsp3) is 0.333. The molecular formula is C15H16F3N3O2. The summed E-state index contributed by atoms with van der Waals surface area (Å²) in [4.78, 5) is 12.1. The Morgan fingerprint density at radius 1 is 1.35 bits per heavy atom.